The van der Waals surface area contributed by atoms with E-state index in [1.807, 2.05) is 30.3 Å². The first-order valence-electron chi connectivity index (χ1n) is 6.69. The molecule has 3 N–H and O–H groups in total. The maximum absolute atomic E-state index is 12.6. The number of hydrogen-bond acceptors (Lipinski definition) is 4. The molecular weight excluding hydrogens is 307 g/mol. The molecule has 0 fully saturated rings. The average Bonchev–Trinajstić information content (AvgIpc) is 2.53. The van der Waals surface area contributed by atoms with E-state index in [1.165, 1.54) is 12.1 Å². The third-order valence-corrected chi connectivity index (χ3v) is 3.25. The second-order valence-electron chi connectivity index (χ2n) is 4.77. The van der Waals surface area contributed by atoms with Gasteiger partial charge in [0.05, 0.1) is 11.4 Å². The number of nitrogens with one attached hydrogen (secondary N) is 1. The van der Waals surface area contributed by atoms with Gasteiger partial charge in [0.25, 0.3) is 0 Å². The third-order valence-electron chi connectivity index (χ3n) is 3.25. The molecule has 7 heteroatoms. The van der Waals surface area contributed by atoms with Crippen molar-refractivity contribution in [3.8, 4) is 17.0 Å². The number of para-hydroxylation sites is 1. The fourth-order valence-electron chi connectivity index (χ4n) is 2.31. The highest BCUT2D eigenvalue weighted by atomic mass is 19.4. The highest BCUT2D eigenvalue weighted by Gasteiger charge is 2.32. The van der Waals surface area contributed by atoms with E-state index in [9.17, 15) is 13.2 Å². The second-order valence-corrected chi connectivity index (χ2v) is 4.77. The van der Waals surface area contributed by atoms with Gasteiger partial charge in [0.2, 0.25) is 0 Å². The number of nitrogen functional groups attached to an aromatic ring is 1. The van der Waals surface area contributed by atoms with E-state index >= 15 is 0 Å². The third kappa shape index (κ3) is 3.19. The summed E-state index contributed by atoms with van der Waals surface area (Å²) in [5, 5.41) is 0.439. The van der Waals surface area contributed by atoms with E-state index in [0.29, 0.717) is 16.8 Å². The monoisotopic (exact) mass is 319 g/mol. The SMILES string of the molecule is NNc1cc(-c2ccccc2)nc2c(OC(F)(F)F)cccc12. The largest absolute Gasteiger partial charge is 0.573 e. The minimum Gasteiger partial charge on any atom is -0.403 e. The Hall–Kier alpha value is -2.80. The van der Waals surface area contributed by atoms with Crippen molar-refractivity contribution in [2.24, 2.45) is 5.84 Å². The molecular formula is C16H12F3N3O. The van der Waals surface area contributed by atoms with Crippen LogP contribution in [-0.4, -0.2) is 11.3 Å². The molecule has 0 amide bonds. The number of nitrogens with zero attached hydrogens (tertiary/aromatic N) is 1. The van der Waals surface area contributed by atoms with Crippen LogP contribution < -0.4 is 16.0 Å². The summed E-state index contributed by atoms with van der Waals surface area (Å²) in [5.41, 5.74) is 4.28. The number of rotatable bonds is 3. The van der Waals surface area contributed by atoms with Crippen LogP contribution in [0, 0.1) is 0 Å². The number of halogens is 3. The van der Waals surface area contributed by atoms with Gasteiger partial charge in [-0.05, 0) is 12.1 Å². The first kappa shape index (κ1) is 15.1. The molecule has 2 aromatic carbocycles. The zero-order chi connectivity index (χ0) is 16.4. The van der Waals surface area contributed by atoms with Crippen molar-refractivity contribution < 1.29 is 17.9 Å². The van der Waals surface area contributed by atoms with Crippen molar-refractivity contribution in [3.05, 3.63) is 54.6 Å². The van der Waals surface area contributed by atoms with Crippen molar-refractivity contribution in [2.45, 2.75) is 6.36 Å². The average molecular weight is 319 g/mol. The van der Waals surface area contributed by atoms with Crippen LogP contribution in [0.15, 0.2) is 54.6 Å². The van der Waals surface area contributed by atoms with Crippen molar-refractivity contribution in [3.63, 3.8) is 0 Å². The molecule has 0 aliphatic heterocycles. The van der Waals surface area contributed by atoms with Crippen molar-refractivity contribution in [1.29, 1.82) is 0 Å². The summed E-state index contributed by atoms with van der Waals surface area (Å²) in [7, 11) is 0. The number of nitrogens with two attached hydrogens (primary N) is 1. The Kier molecular flexibility index (Phi) is 3.79. The van der Waals surface area contributed by atoms with Gasteiger partial charge in [-0.1, -0.05) is 42.5 Å². The molecule has 3 rings (SSSR count). The van der Waals surface area contributed by atoms with Gasteiger partial charge >= 0.3 is 6.36 Å². The molecule has 0 radical (unpaired) electrons. The quantitative estimate of drug-likeness (QED) is 0.564. The summed E-state index contributed by atoms with van der Waals surface area (Å²) >= 11 is 0. The summed E-state index contributed by atoms with van der Waals surface area (Å²) in [6.07, 6.45) is -4.80. The molecule has 0 aliphatic rings. The lowest BCUT2D eigenvalue weighted by atomic mass is 10.1. The van der Waals surface area contributed by atoms with Crippen LogP contribution in [0.3, 0.4) is 0 Å². The molecule has 118 valence electrons. The van der Waals surface area contributed by atoms with Crippen molar-refractivity contribution in [2.75, 3.05) is 5.43 Å². The molecule has 0 spiro atoms. The Labute approximate surface area is 129 Å². The number of anilines is 1. The molecule has 3 aromatic rings. The normalized spacial score (nSPS) is 11.5. The van der Waals surface area contributed by atoms with Gasteiger partial charge in [-0.25, -0.2) is 4.98 Å². The number of ether oxygens (including phenoxy) is 1. The lowest BCUT2D eigenvalue weighted by Crippen LogP contribution is -2.17. The van der Waals surface area contributed by atoms with Gasteiger partial charge in [-0.15, -0.1) is 13.2 Å². The van der Waals surface area contributed by atoms with E-state index in [-0.39, 0.29) is 11.3 Å². The van der Waals surface area contributed by atoms with Crippen LogP contribution in [0.25, 0.3) is 22.2 Å². The molecule has 1 heterocycles. The molecule has 0 saturated heterocycles. The first-order valence-corrected chi connectivity index (χ1v) is 6.69. The van der Waals surface area contributed by atoms with Crippen LogP contribution in [0.5, 0.6) is 5.75 Å². The van der Waals surface area contributed by atoms with E-state index in [2.05, 4.69) is 15.1 Å². The molecule has 1 aromatic heterocycles. The summed E-state index contributed by atoms with van der Waals surface area (Å²) in [6, 6.07) is 15.1. The number of alkyl halides is 3. The van der Waals surface area contributed by atoms with Gasteiger partial charge in [0, 0.05) is 10.9 Å². The fourth-order valence-corrected chi connectivity index (χ4v) is 2.31. The van der Waals surface area contributed by atoms with Crippen LogP contribution in [0.1, 0.15) is 0 Å². The highest BCUT2D eigenvalue weighted by molar-refractivity contribution is 5.96. The Morgan fingerprint density at radius 3 is 2.39 bits per heavy atom. The minimum absolute atomic E-state index is 0.0825. The van der Waals surface area contributed by atoms with Crippen LogP contribution in [-0.2, 0) is 0 Å². The lowest BCUT2D eigenvalue weighted by molar-refractivity contribution is -0.274. The Bertz CT molecular complexity index is 835. The fraction of sp³-hybridized carbons (Fsp3) is 0.0625. The van der Waals surface area contributed by atoms with Crippen molar-refractivity contribution in [1.82, 2.24) is 4.98 Å². The predicted octanol–water partition coefficient (Wildman–Crippen LogP) is 4.09. The topological polar surface area (TPSA) is 60.2 Å². The maximum atomic E-state index is 12.6. The van der Waals surface area contributed by atoms with Crippen molar-refractivity contribution >= 4 is 16.6 Å². The molecule has 0 unspecified atom stereocenters. The van der Waals surface area contributed by atoms with Crippen LogP contribution in [0.4, 0.5) is 18.9 Å². The number of aromatic nitrogens is 1. The smallest absolute Gasteiger partial charge is 0.403 e. The molecule has 0 aliphatic carbocycles. The molecule has 0 bridgehead atoms. The minimum atomic E-state index is -4.80. The summed E-state index contributed by atoms with van der Waals surface area (Å²) < 4.78 is 41.8. The van der Waals surface area contributed by atoms with E-state index in [0.717, 1.165) is 5.56 Å². The predicted molar refractivity (Wildman–Crippen MR) is 81.7 cm³/mol. The van der Waals surface area contributed by atoms with E-state index in [4.69, 9.17) is 5.84 Å². The molecule has 4 nitrogen and oxygen atoms in total. The van der Waals surface area contributed by atoms with Gasteiger partial charge in [0.15, 0.2) is 5.75 Å². The molecule has 23 heavy (non-hydrogen) atoms. The number of benzene rings is 2. The first-order chi connectivity index (χ1) is 11.0. The standard InChI is InChI=1S/C16H12F3N3O/c17-16(18,19)23-14-8-4-7-11-13(22-20)9-12(21-15(11)14)10-5-2-1-3-6-10/h1-9H,20H2,(H,21,22). The second kappa shape index (κ2) is 5.77. The zero-order valence-electron chi connectivity index (χ0n) is 11.8. The maximum Gasteiger partial charge on any atom is 0.573 e. The van der Waals surface area contributed by atoms with Crippen LogP contribution >= 0.6 is 0 Å². The summed E-state index contributed by atoms with van der Waals surface area (Å²) in [4.78, 5) is 4.32. The Morgan fingerprint density at radius 1 is 1.00 bits per heavy atom. The van der Waals surface area contributed by atoms with Gasteiger partial charge < -0.3 is 10.2 Å². The van der Waals surface area contributed by atoms with Crippen LogP contribution in [0.2, 0.25) is 0 Å². The molecule has 0 atom stereocenters. The number of fused-ring (bicyclic) bond motifs is 1. The number of hydrogen-bond donors (Lipinski definition) is 2. The van der Waals surface area contributed by atoms with Gasteiger partial charge in [-0.2, -0.15) is 0 Å². The Balaban J connectivity index is 2.24. The van der Waals surface area contributed by atoms with Gasteiger partial charge in [-0.3, -0.25) is 5.84 Å². The number of hydrazine groups is 1. The Morgan fingerprint density at radius 2 is 1.74 bits per heavy atom. The zero-order valence-corrected chi connectivity index (χ0v) is 11.8. The van der Waals surface area contributed by atoms with Gasteiger partial charge in [0.1, 0.15) is 5.52 Å². The van der Waals surface area contributed by atoms with E-state index in [1.54, 1.807) is 12.1 Å². The summed E-state index contributed by atoms with van der Waals surface area (Å²) in [6.45, 7) is 0. The molecule has 0 saturated carbocycles. The summed E-state index contributed by atoms with van der Waals surface area (Å²) in [5.74, 6) is 5.13. The number of pyridine rings is 1. The lowest BCUT2D eigenvalue weighted by Gasteiger charge is -2.14. The van der Waals surface area contributed by atoms with E-state index < -0.39 is 6.36 Å². The highest BCUT2D eigenvalue weighted by Crippen LogP contribution is 2.35.